The lowest BCUT2D eigenvalue weighted by molar-refractivity contribution is -0.0246. The lowest BCUT2D eigenvalue weighted by Crippen LogP contribution is -2.49. The molecule has 0 saturated carbocycles. The highest BCUT2D eigenvalue weighted by atomic mass is 16.5. The average Bonchev–Trinajstić information content (AvgIpc) is 2.69. The fraction of sp³-hybridized carbons (Fsp3) is 1.00. The SMILES string of the molecule is CCCNCC1(CN2CC(O)C(O)C2)CCCOC1. The molecule has 2 aliphatic heterocycles. The van der Waals surface area contributed by atoms with E-state index in [4.69, 9.17) is 4.74 Å². The highest BCUT2D eigenvalue weighted by Crippen LogP contribution is 2.30. The summed E-state index contributed by atoms with van der Waals surface area (Å²) in [4.78, 5) is 2.18. The molecular formula is C14H28N2O3. The Morgan fingerprint density at radius 3 is 2.63 bits per heavy atom. The summed E-state index contributed by atoms with van der Waals surface area (Å²) in [5.74, 6) is 0. The van der Waals surface area contributed by atoms with E-state index in [1.165, 1.54) is 0 Å². The van der Waals surface area contributed by atoms with Crippen molar-refractivity contribution in [3.63, 3.8) is 0 Å². The zero-order valence-electron chi connectivity index (χ0n) is 12.0. The van der Waals surface area contributed by atoms with Gasteiger partial charge in [0.05, 0.1) is 18.8 Å². The van der Waals surface area contributed by atoms with E-state index in [2.05, 4.69) is 17.1 Å². The van der Waals surface area contributed by atoms with Crippen LogP contribution >= 0.6 is 0 Å². The van der Waals surface area contributed by atoms with Crippen molar-refractivity contribution >= 4 is 0 Å². The predicted octanol–water partition coefficient (Wildman–Crippen LogP) is -0.180. The Morgan fingerprint density at radius 1 is 1.32 bits per heavy atom. The fourth-order valence-corrected chi connectivity index (χ4v) is 3.21. The minimum atomic E-state index is -0.592. The summed E-state index contributed by atoms with van der Waals surface area (Å²) in [6, 6.07) is 0. The third-order valence-electron chi connectivity index (χ3n) is 4.22. The summed E-state index contributed by atoms with van der Waals surface area (Å²) in [5.41, 5.74) is 0.136. The Balaban J connectivity index is 1.89. The highest BCUT2D eigenvalue weighted by molar-refractivity contribution is 4.92. The average molecular weight is 272 g/mol. The zero-order chi connectivity index (χ0) is 13.7. The number of hydrogen-bond acceptors (Lipinski definition) is 5. The van der Waals surface area contributed by atoms with Gasteiger partial charge in [0, 0.05) is 38.2 Å². The molecule has 5 heteroatoms. The van der Waals surface area contributed by atoms with E-state index in [0.717, 1.165) is 52.1 Å². The van der Waals surface area contributed by atoms with Crippen LogP contribution in [0.4, 0.5) is 0 Å². The second kappa shape index (κ2) is 6.99. The summed E-state index contributed by atoms with van der Waals surface area (Å²) in [7, 11) is 0. The summed E-state index contributed by atoms with van der Waals surface area (Å²) >= 11 is 0. The lowest BCUT2D eigenvalue weighted by Gasteiger charge is -2.40. The standard InChI is InChI=1S/C14H28N2O3/c1-2-5-15-9-14(4-3-6-19-11-14)10-16-7-12(17)13(18)8-16/h12-13,15,17-18H,2-11H2,1H3. The summed E-state index contributed by atoms with van der Waals surface area (Å²) in [6.07, 6.45) is 2.22. The number of nitrogens with one attached hydrogen (secondary N) is 1. The van der Waals surface area contributed by atoms with E-state index in [1.807, 2.05) is 0 Å². The van der Waals surface area contributed by atoms with Gasteiger partial charge in [-0.1, -0.05) is 6.92 Å². The van der Waals surface area contributed by atoms with Crippen LogP contribution in [0.1, 0.15) is 26.2 Å². The number of ether oxygens (including phenoxy) is 1. The smallest absolute Gasteiger partial charge is 0.0938 e. The number of aliphatic hydroxyl groups excluding tert-OH is 2. The first-order chi connectivity index (χ1) is 9.15. The molecule has 3 atom stereocenters. The largest absolute Gasteiger partial charge is 0.389 e. The maximum absolute atomic E-state index is 9.66. The van der Waals surface area contributed by atoms with Gasteiger partial charge in [-0.15, -0.1) is 0 Å². The molecule has 2 heterocycles. The van der Waals surface area contributed by atoms with Gasteiger partial charge in [0.15, 0.2) is 0 Å². The number of aliphatic hydroxyl groups is 2. The number of rotatable bonds is 6. The number of nitrogens with zero attached hydrogens (tertiary/aromatic N) is 1. The fourth-order valence-electron chi connectivity index (χ4n) is 3.21. The molecule has 2 fully saturated rings. The van der Waals surface area contributed by atoms with Crippen molar-refractivity contribution in [2.45, 2.75) is 38.4 Å². The molecule has 3 N–H and O–H groups in total. The third kappa shape index (κ3) is 4.13. The minimum absolute atomic E-state index is 0.136. The monoisotopic (exact) mass is 272 g/mol. The molecule has 0 spiro atoms. The van der Waals surface area contributed by atoms with Crippen molar-refractivity contribution < 1.29 is 14.9 Å². The Hall–Kier alpha value is -0.200. The van der Waals surface area contributed by atoms with Gasteiger partial charge in [-0.25, -0.2) is 0 Å². The van der Waals surface area contributed by atoms with Crippen molar-refractivity contribution in [2.75, 3.05) is 45.9 Å². The maximum Gasteiger partial charge on any atom is 0.0938 e. The zero-order valence-corrected chi connectivity index (χ0v) is 12.0. The second-order valence-corrected chi connectivity index (χ2v) is 6.16. The van der Waals surface area contributed by atoms with Crippen LogP contribution in [0.2, 0.25) is 0 Å². The van der Waals surface area contributed by atoms with Crippen LogP contribution in [0.5, 0.6) is 0 Å². The Kier molecular flexibility index (Phi) is 5.59. The van der Waals surface area contributed by atoms with Crippen LogP contribution in [0.15, 0.2) is 0 Å². The van der Waals surface area contributed by atoms with Gasteiger partial charge < -0.3 is 20.3 Å². The van der Waals surface area contributed by atoms with Gasteiger partial charge in [0.1, 0.15) is 0 Å². The van der Waals surface area contributed by atoms with Gasteiger partial charge >= 0.3 is 0 Å². The molecule has 0 aliphatic carbocycles. The lowest BCUT2D eigenvalue weighted by atomic mass is 9.81. The van der Waals surface area contributed by atoms with E-state index in [1.54, 1.807) is 0 Å². The predicted molar refractivity (Wildman–Crippen MR) is 74.1 cm³/mol. The third-order valence-corrected chi connectivity index (χ3v) is 4.22. The van der Waals surface area contributed by atoms with Gasteiger partial charge in [-0.2, -0.15) is 0 Å². The molecule has 0 aromatic carbocycles. The molecule has 0 bridgehead atoms. The minimum Gasteiger partial charge on any atom is -0.389 e. The van der Waals surface area contributed by atoms with Crippen molar-refractivity contribution in [2.24, 2.45) is 5.41 Å². The molecule has 2 rings (SSSR count). The topological polar surface area (TPSA) is 65.0 Å². The molecule has 5 nitrogen and oxygen atoms in total. The molecule has 0 amide bonds. The van der Waals surface area contributed by atoms with Crippen LogP contribution in [-0.4, -0.2) is 73.3 Å². The molecule has 0 radical (unpaired) electrons. The Morgan fingerprint density at radius 2 is 2.05 bits per heavy atom. The van der Waals surface area contributed by atoms with Crippen LogP contribution < -0.4 is 5.32 Å². The quantitative estimate of drug-likeness (QED) is 0.586. The Labute approximate surface area is 115 Å². The van der Waals surface area contributed by atoms with E-state index in [9.17, 15) is 10.2 Å². The van der Waals surface area contributed by atoms with E-state index < -0.39 is 12.2 Å². The van der Waals surface area contributed by atoms with Crippen LogP contribution in [0.3, 0.4) is 0 Å². The first kappa shape index (κ1) is 15.2. The summed E-state index contributed by atoms with van der Waals surface area (Å²) in [6.45, 7) is 7.87. The molecule has 112 valence electrons. The summed E-state index contributed by atoms with van der Waals surface area (Å²) in [5, 5.41) is 22.8. The summed E-state index contributed by atoms with van der Waals surface area (Å²) < 4.78 is 5.69. The molecule has 0 aromatic rings. The Bertz CT molecular complexity index is 259. The number of hydrogen-bond donors (Lipinski definition) is 3. The van der Waals surface area contributed by atoms with Gasteiger partial charge in [-0.05, 0) is 25.8 Å². The molecule has 2 saturated heterocycles. The second-order valence-electron chi connectivity index (χ2n) is 6.16. The van der Waals surface area contributed by atoms with Gasteiger partial charge in [0.25, 0.3) is 0 Å². The maximum atomic E-state index is 9.66. The molecular weight excluding hydrogens is 244 g/mol. The first-order valence-electron chi connectivity index (χ1n) is 7.52. The number of likely N-dealkylation sites (tertiary alicyclic amines) is 1. The highest BCUT2D eigenvalue weighted by Gasteiger charge is 2.38. The number of β-amino-alcohol motifs (C(OH)–C–C–N with tert-alkyl or cyclic N) is 2. The van der Waals surface area contributed by atoms with Crippen LogP contribution in [-0.2, 0) is 4.74 Å². The van der Waals surface area contributed by atoms with E-state index >= 15 is 0 Å². The van der Waals surface area contributed by atoms with Crippen molar-refractivity contribution in [3.05, 3.63) is 0 Å². The van der Waals surface area contributed by atoms with E-state index in [0.29, 0.717) is 13.1 Å². The van der Waals surface area contributed by atoms with Gasteiger partial charge in [-0.3, -0.25) is 4.90 Å². The van der Waals surface area contributed by atoms with Crippen molar-refractivity contribution in [1.29, 1.82) is 0 Å². The van der Waals surface area contributed by atoms with Crippen molar-refractivity contribution in [1.82, 2.24) is 10.2 Å². The normalized spacial score (nSPS) is 36.8. The van der Waals surface area contributed by atoms with Crippen LogP contribution in [0.25, 0.3) is 0 Å². The van der Waals surface area contributed by atoms with E-state index in [-0.39, 0.29) is 5.41 Å². The first-order valence-corrected chi connectivity index (χ1v) is 7.52. The molecule has 0 aromatic heterocycles. The van der Waals surface area contributed by atoms with Crippen molar-refractivity contribution in [3.8, 4) is 0 Å². The van der Waals surface area contributed by atoms with Crippen LogP contribution in [0, 0.1) is 5.41 Å². The van der Waals surface area contributed by atoms with Gasteiger partial charge in [0.2, 0.25) is 0 Å². The molecule has 3 unspecified atom stereocenters. The molecule has 2 aliphatic rings. The molecule has 19 heavy (non-hydrogen) atoms.